The second kappa shape index (κ2) is 6.80. The first-order valence-electron chi connectivity index (χ1n) is 6.04. The summed E-state index contributed by atoms with van der Waals surface area (Å²) in [6, 6.07) is 3.77. The molecular weight excluding hydrogens is 315 g/mol. The number of carbonyl (C=O) groups excluding carboxylic acids is 2. The molecule has 0 fully saturated rings. The van der Waals surface area contributed by atoms with Crippen LogP contribution in [0.1, 0.15) is 31.1 Å². The smallest absolute Gasteiger partial charge is 0.317 e. The van der Waals surface area contributed by atoms with Gasteiger partial charge in [-0.1, -0.05) is 13.8 Å². The normalized spacial score (nSPS) is 12.3. The Kier molecular flexibility index (Phi) is 5.66. The van der Waals surface area contributed by atoms with Crippen LogP contribution < -0.4 is 0 Å². The van der Waals surface area contributed by atoms with Crippen LogP contribution in [0.3, 0.4) is 0 Å². The van der Waals surface area contributed by atoms with Gasteiger partial charge in [0.2, 0.25) is 0 Å². The van der Waals surface area contributed by atoms with Gasteiger partial charge < -0.3 is 4.74 Å². The third kappa shape index (κ3) is 3.86. The van der Waals surface area contributed by atoms with Crippen molar-refractivity contribution in [2.24, 2.45) is 11.8 Å². The fraction of sp³-hybridized carbons (Fsp3) is 0.429. The van der Waals surface area contributed by atoms with Crippen molar-refractivity contribution in [1.82, 2.24) is 0 Å². The molecule has 5 heteroatoms. The van der Waals surface area contributed by atoms with Crippen LogP contribution in [0.5, 0.6) is 0 Å². The Morgan fingerprint density at radius 3 is 2.47 bits per heavy atom. The van der Waals surface area contributed by atoms with E-state index < -0.39 is 17.7 Å². The van der Waals surface area contributed by atoms with Crippen molar-refractivity contribution < 1.29 is 18.7 Å². The summed E-state index contributed by atoms with van der Waals surface area (Å²) >= 11 is 3.14. The van der Waals surface area contributed by atoms with E-state index in [1.165, 1.54) is 18.2 Å². The van der Waals surface area contributed by atoms with Crippen molar-refractivity contribution in [2.45, 2.75) is 20.8 Å². The lowest BCUT2D eigenvalue weighted by Gasteiger charge is -2.18. The van der Waals surface area contributed by atoms with Crippen molar-refractivity contribution in [3.8, 4) is 0 Å². The number of carbonyl (C=O) groups is 2. The van der Waals surface area contributed by atoms with Crippen LogP contribution in [0.25, 0.3) is 0 Å². The quantitative estimate of drug-likeness (QED) is 0.470. The van der Waals surface area contributed by atoms with E-state index in [2.05, 4.69) is 15.9 Å². The van der Waals surface area contributed by atoms with Gasteiger partial charge in [-0.15, -0.1) is 0 Å². The lowest BCUT2D eigenvalue weighted by atomic mass is 9.88. The zero-order valence-electron chi connectivity index (χ0n) is 11.1. The summed E-state index contributed by atoms with van der Waals surface area (Å²) in [5, 5.41) is 0. The highest BCUT2D eigenvalue weighted by Gasteiger charge is 2.32. The number of halogens is 2. The minimum absolute atomic E-state index is 0.191. The van der Waals surface area contributed by atoms with E-state index in [9.17, 15) is 14.0 Å². The summed E-state index contributed by atoms with van der Waals surface area (Å²) in [6.07, 6.45) is 0. The van der Waals surface area contributed by atoms with Gasteiger partial charge in [-0.25, -0.2) is 4.39 Å². The molecule has 0 aliphatic carbocycles. The summed E-state index contributed by atoms with van der Waals surface area (Å²) in [5.74, 6) is -2.41. The molecule has 0 aliphatic rings. The maximum Gasteiger partial charge on any atom is 0.317 e. The molecule has 1 atom stereocenters. The third-order valence-electron chi connectivity index (χ3n) is 2.69. The number of hydrogen-bond donors (Lipinski definition) is 0. The van der Waals surface area contributed by atoms with Crippen molar-refractivity contribution in [3.63, 3.8) is 0 Å². The van der Waals surface area contributed by atoms with Crippen LogP contribution in [0.15, 0.2) is 22.7 Å². The number of hydrogen-bond acceptors (Lipinski definition) is 3. The lowest BCUT2D eigenvalue weighted by molar-refractivity contribution is -0.147. The summed E-state index contributed by atoms with van der Waals surface area (Å²) in [4.78, 5) is 24.2. The fourth-order valence-corrected chi connectivity index (χ4v) is 2.32. The molecule has 0 spiro atoms. The van der Waals surface area contributed by atoms with E-state index in [4.69, 9.17) is 4.74 Å². The molecule has 0 aromatic heterocycles. The van der Waals surface area contributed by atoms with E-state index >= 15 is 0 Å². The maximum atomic E-state index is 13.0. The SMILES string of the molecule is CCOC(=O)C(C(=O)c1ccc(F)cc1Br)C(C)C. The minimum Gasteiger partial charge on any atom is -0.465 e. The molecule has 1 unspecified atom stereocenters. The molecule has 0 N–H and O–H groups in total. The average Bonchev–Trinajstić information content (AvgIpc) is 2.28. The first-order chi connectivity index (χ1) is 8.88. The topological polar surface area (TPSA) is 43.4 Å². The van der Waals surface area contributed by atoms with Crippen LogP contribution in [0, 0.1) is 17.7 Å². The minimum atomic E-state index is -0.873. The first kappa shape index (κ1) is 15.8. The molecule has 19 heavy (non-hydrogen) atoms. The Morgan fingerprint density at radius 1 is 1.37 bits per heavy atom. The standard InChI is InChI=1S/C14H16BrFO3/c1-4-19-14(18)12(8(2)3)13(17)10-6-5-9(16)7-11(10)15/h5-8,12H,4H2,1-3H3. The van der Waals surface area contributed by atoms with Gasteiger partial charge in [-0.05, 0) is 47.0 Å². The van der Waals surface area contributed by atoms with Crippen LogP contribution in [-0.2, 0) is 9.53 Å². The molecule has 1 aromatic carbocycles. The molecule has 0 saturated heterocycles. The predicted molar refractivity (Wildman–Crippen MR) is 73.4 cm³/mol. The first-order valence-corrected chi connectivity index (χ1v) is 6.83. The van der Waals surface area contributed by atoms with E-state index in [1.807, 2.05) is 0 Å². The fourth-order valence-electron chi connectivity index (χ4n) is 1.77. The molecule has 104 valence electrons. The molecular formula is C14H16BrFO3. The van der Waals surface area contributed by atoms with Gasteiger partial charge in [-0.3, -0.25) is 9.59 Å². The second-order valence-electron chi connectivity index (χ2n) is 4.46. The average molecular weight is 331 g/mol. The largest absolute Gasteiger partial charge is 0.465 e. The van der Waals surface area contributed by atoms with Gasteiger partial charge in [0.25, 0.3) is 0 Å². The summed E-state index contributed by atoms with van der Waals surface area (Å²) in [5.41, 5.74) is 0.285. The summed E-state index contributed by atoms with van der Waals surface area (Å²) in [7, 11) is 0. The number of ether oxygens (including phenoxy) is 1. The van der Waals surface area contributed by atoms with Crippen LogP contribution in [0.2, 0.25) is 0 Å². The zero-order valence-corrected chi connectivity index (χ0v) is 12.7. The van der Waals surface area contributed by atoms with Crippen molar-refractivity contribution in [2.75, 3.05) is 6.61 Å². The van der Waals surface area contributed by atoms with E-state index in [0.29, 0.717) is 4.47 Å². The van der Waals surface area contributed by atoms with Crippen LogP contribution in [0.4, 0.5) is 4.39 Å². The van der Waals surface area contributed by atoms with Gasteiger partial charge in [0.15, 0.2) is 5.78 Å². The number of benzene rings is 1. The Bertz CT molecular complexity index is 486. The number of Topliss-reactive ketones (excluding diaryl/α,β-unsaturated/α-hetero) is 1. The Balaban J connectivity index is 3.09. The third-order valence-corrected chi connectivity index (χ3v) is 3.34. The van der Waals surface area contributed by atoms with E-state index in [-0.39, 0.29) is 23.9 Å². The molecule has 1 rings (SSSR count). The molecule has 0 amide bonds. The Morgan fingerprint density at radius 2 is 2.00 bits per heavy atom. The highest BCUT2D eigenvalue weighted by atomic mass is 79.9. The van der Waals surface area contributed by atoms with Gasteiger partial charge >= 0.3 is 5.97 Å². The molecule has 1 aromatic rings. The zero-order chi connectivity index (χ0) is 14.6. The Labute approximate surface area is 120 Å². The van der Waals surface area contributed by atoms with E-state index in [0.717, 1.165) is 0 Å². The Hall–Kier alpha value is -1.23. The molecule has 0 bridgehead atoms. The van der Waals surface area contributed by atoms with Crippen molar-refractivity contribution in [1.29, 1.82) is 0 Å². The van der Waals surface area contributed by atoms with Gasteiger partial charge in [-0.2, -0.15) is 0 Å². The van der Waals surface area contributed by atoms with Gasteiger partial charge in [0, 0.05) is 10.0 Å². The maximum absolute atomic E-state index is 13.0. The monoisotopic (exact) mass is 330 g/mol. The number of ketones is 1. The molecule has 0 saturated carbocycles. The number of esters is 1. The number of rotatable bonds is 5. The molecule has 3 nitrogen and oxygen atoms in total. The highest BCUT2D eigenvalue weighted by molar-refractivity contribution is 9.10. The summed E-state index contributed by atoms with van der Waals surface area (Å²) < 4.78 is 18.3. The predicted octanol–water partition coefficient (Wildman–Crippen LogP) is 3.61. The molecule has 0 radical (unpaired) electrons. The van der Waals surface area contributed by atoms with Gasteiger partial charge in [0.05, 0.1) is 6.61 Å². The second-order valence-corrected chi connectivity index (χ2v) is 5.32. The van der Waals surface area contributed by atoms with Crippen molar-refractivity contribution >= 4 is 27.7 Å². The molecule has 0 heterocycles. The lowest BCUT2D eigenvalue weighted by Crippen LogP contribution is -2.31. The van der Waals surface area contributed by atoms with Crippen molar-refractivity contribution in [3.05, 3.63) is 34.1 Å². The summed E-state index contributed by atoms with van der Waals surface area (Å²) in [6.45, 7) is 5.46. The van der Waals surface area contributed by atoms with Crippen LogP contribution in [-0.4, -0.2) is 18.4 Å². The highest BCUT2D eigenvalue weighted by Crippen LogP contribution is 2.25. The van der Waals surface area contributed by atoms with E-state index in [1.54, 1.807) is 20.8 Å². The van der Waals surface area contributed by atoms with Gasteiger partial charge in [0.1, 0.15) is 11.7 Å². The van der Waals surface area contributed by atoms with Crippen LogP contribution >= 0.6 is 15.9 Å². The molecule has 0 aliphatic heterocycles.